The summed E-state index contributed by atoms with van der Waals surface area (Å²) < 4.78 is 48.9. The Morgan fingerprint density at radius 1 is 0.902 bits per heavy atom. The molecule has 0 aliphatic rings. The highest BCUT2D eigenvalue weighted by atomic mass is 32.2. The van der Waals surface area contributed by atoms with Gasteiger partial charge in [-0.05, 0) is 70.8 Å². The first-order valence-corrected chi connectivity index (χ1v) is 14.0. The molecule has 9 nitrogen and oxygen atoms in total. The van der Waals surface area contributed by atoms with Crippen LogP contribution in [-0.2, 0) is 16.6 Å². The maximum atomic E-state index is 13.3. The van der Waals surface area contributed by atoms with Crippen LogP contribution >= 0.6 is 0 Å². The Labute approximate surface area is 235 Å². The Kier molecular flexibility index (Phi) is 6.86. The summed E-state index contributed by atoms with van der Waals surface area (Å²) in [5.74, 6) is -0.424. The largest absolute Gasteiger partial charge is 0.480 e. The molecule has 0 spiro atoms. The lowest BCUT2D eigenvalue weighted by Crippen LogP contribution is -2.14. The van der Waals surface area contributed by atoms with Crippen molar-refractivity contribution in [1.82, 2.24) is 24.7 Å². The van der Waals surface area contributed by atoms with E-state index < -0.39 is 15.8 Å². The molecule has 6 aromatic rings. The van der Waals surface area contributed by atoms with Gasteiger partial charge in [0.1, 0.15) is 24.2 Å². The number of methoxy groups -OCH3 is 1. The molecular weight excluding hydrogens is 543 g/mol. The number of ether oxygens (including phenoxy) is 1. The summed E-state index contributed by atoms with van der Waals surface area (Å²) in [4.78, 5) is 12.8. The molecule has 0 saturated heterocycles. The highest BCUT2D eigenvalue weighted by molar-refractivity contribution is 7.92. The van der Waals surface area contributed by atoms with Crippen molar-refractivity contribution >= 4 is 26.6 Å². The number of nitrogens with zero attached hydrogens (tertiary/aromatic N) is 5. The molecule has 3 aromatic carbocycles. The van der Waals surface area contributed by atoms with E-state index in [0.717, 1.165) is 45.3 Å². The number of anilines is 1. The highest BCUT2D eigenvalue weighted by Crippen LogP contribution is 2.34. The van der Waals surface area contributed by atoms with E-state index in [1.165, 1.54) is 25.6 Å². The van der Waals surface area contributed by atoms with Gasteiger partial charge in [0.25, 0.3) is 10.0 Å². The van der Waals surface area contributed by atoms with E-state index in [1.54, 1.807) is 29.5 Å². The van der Waals surface area contributed by atoms with Crippen LogP contribution in [-0.4, -0.2) is 40.3 Å². The molecule has 0 saturated carbocycles. The molecule has 3 aromatic heterocycles. The molecule has 41 heavy (non-hydrogen) atoms. The smallest absolute Gasteiger partial charge is 0.262 e. The minimum atomic E-state index is -4.01. The number of rotatable bonds is 8. The number of sulfonamides is 1. The van der Waals surface area contributed by atoms with Gasteiger partial charge < -0.3 is 4.74 Å². The van der Waals surface area contributed by atoms with Gasteiger partial charge in [-0.1, -0.05) is 30.3 Å². The number of fused-ring (bicyclic) bond motifs is 1. The number of benzene rings is 3. The standard InChI is InChI=1S/C30H23FN6O3S/c1-40-30-29(36-41(38,39)25-9-7-24(31)8-10-25)15-23(16-34-30)22-6-11-28-27(14-22)26(12-13-33-28)21-4-2-20(3-5-21)17-37-19-32-18-35-37/h2-16,18-19,36H,17H2,1H3. The molecule has 0 unspecified atom stereocenters. The highest BCUT2D eigenvalue weighted by Gasteiger charge is 2.18. The number of hydrogen-bond donors (Lipinski definition) is 1. The van der Waals surface area contributed by atoms with Crippen molar-refractivity contribution in [2.24, 2.45) is 0 Å². The Balaban J connectivity index is 1.35. The maximum Gasteiger partial charge on any atom is 0.262 e. The van der Waals surface area contributed by atoms with E-state index in [0.29, 0.717) is 12.1 Å². The molecule has 0 aliphatic carbocycles. The summed E-state index contributed by atoms with van der Waals surface area (Å²) in [5.41, 5.74) is 5.58. The second-order valence-corrected chi connectivity index (χ2v) is 10.9. The second-order valence-electron chi connectivity index (χ2n) is 9.22. The summed E-state index contributed by atoms with van der Waals surface area (Å²) in [6, 6.07) is 22.2. The normalized spacial score (nSPS) is 11.5. The van der Waals surface area contributed by atoms with Crippen LogP contribution in [0.1, 0.15) is 5.56 Å². The van der Waals surface area contributed by atoms with Crippen LogP contribution < -0.4 is 9.46 Å². The van der Waals surface area contributed by atoms with Crippen molar-refractivity contribution in [2.75, 3.05) is 11.8 Å². The number of nitrogens with one attached hydrogen (secondary N) is 1. The second kappa shape index (κ2) is 10.8. The average Bonchev–Trinajstić information content (AvgIpc) is 3.50. The maximum absolute atomic E-state index is 13.3. The molecule has 0 atom stereocenters. The van der Waals surface area contributed by atoms with Crippen LogP contribution in [0.3, 0.4) is 0 Å². The molecular formula is C30H23FN6O3S. The van der Waals surface area contributed by atoms with Gasteiger partial charge in [0.2, 0.25) is 5.88 Å². The third kappa shape index (κ3) is 5.48. The average molecular weight is 567 g/mol. The summed E-state index contributed by atoms with van der Waals surface area (Å²) in [6.07, 6.45) is 6.58. The topological polar surface area (TPSA) is 112 Å². The van der Waals surface area contributed by atoms with Crippen LogP contribution in [0.4, 0.5) is 10.1 Å². The fourth-order valence-corrected chi connectivity index (χ4v) is 5.58. The minimum Gasteiger partial charge on any atom is -0.480 e. The van der Waals surface area contributed by atoms with Gasteiger partial charge >= 0.3 is 0 Å². The molecule has 3 heterocycles. The van der Waals surface area contributed by atoms with Gasteiger partial charge in [-0.3, -0.25) is 9.71 Å². The van der Waals surface area contributed by atoms with Crippen molar-refractivity contribution in [2.45, 2.75) is 11.4 Å². The van der Waals surface area contributed by atoms with Crippen molar-refractivity contribution in [3.8, 4) is 28.1 Å². The lowest BCUT2D eigenvalue weighted by Gasteiger charge is -2.14. The Hall–Kier alpha value is -5.16. The van der Waals surface area contributed by atoms with E-state index in [1.807, 2.05) is 24.3 Å². The number of aromatic nitrogens is 5. The van der Waals surface area contributed by atoms with E-state index in [2.05, 4.69) is 49.0 Å². The molecule has 204 valence electrons. The molecule has 0 bridgehead atoms. The quantitative estimate of drug-likeness (QED) is 0.257. The molecule has 0 fully saturated rings. The molecule has 0 radical (unpaired) electrons. The van der Waals surface area contributed by atoms with Crippen molar-refractivity contribution in [3.63, 3.8) is 0 Å². The first-order valence-electron chi connectivity index (χ1n) is 12.5. The molecule has 6 rings (SSSR count). The van der Waals surface area contributed by atoms with E-state index >= 15 is 0 Å². The van der Waals surface area contributed by atoms with E-state index in [-0.39, 0.29) is 16.5 Å². The Morgan fingerprint density at radius 2 is 1.68 bits per heavy atom. The minimum absolute atomic E-state index is 0.0833. The Morgan fingerprint density at radius 3 is 2.41 bits per heavy atom. The fraction of sp³-hybridized carbons (Fsp3) is 0.0667. The van der Waals surface area contributed by atoms with Crippen molar-refractivity contribution in [3.05, 3.63) is 115 Å². The monoisotopic (exact) mass is 566 g/mol. The third-order valence-corrected chi connectivity index (χ3v) is 7.95. The predicted octanol–water partition coefficient (Wildman–Crippen LogP) is 5.55. The lowest BCUT2D eigenvalue weighted by molar-refractivity contribution is 0.400. The Bertz CT molecular complexity index is 1950. The van der Waals surface area contributed by atoms with Crippen LogP contribution in [0.15, 0.2) is 109 Å². The molecule has 11 heteroatoms. The first-order chi connectivity index (χ1) is 19.9. The number of halogens is 1. The lowest BCUT2D eigenvalue weighted by atomic mass is 9.97. The summed E-state index contributed by atoms with van der Waals surface area (Å²) >= 11 is 0. The summed E-state index contributed by atoms with van der Waals surface area (Å²) in [5, 5.41) is 5.09. The van der Waals surface area contributed by atoms with Gasteiger partial charge in [0.15, 0.2) is 0 Å². The van der Waals surface area contributed by atoms with Crippen molar-refractivity contribution in [1.29, 1.82) is 0 Å². The summed E-state index contributed by atoms with van der Waals surface area (Å²) in [6.45, 7) is 0.624. The first kappa shape index (κ1) is 26.1. The van der Waals surface area contributed by atoms with E-state index in [9.17, 15) is 12.8 Å². The van der Waals surface area contributed by atoms with Crippen LogP contribution in [0, 0.1) is 5.82 Å². The van der Waals surface area contributed by atoms with Gasteiger partial charge in [0, 0.05) is 23.3 Å². The van der Waals surface area contributed by atoms with Gasteiger partial charge in [-0.2, -0.15) is 5.10 Å². The van der Waals surface area contributed by atoms with Gasteiger partial charge in [-0.15, -0.1) is 0 Å². The van der Waals surface area contributed by atoms with Crippen molar-refractivity contribution < 1.29 is 17.5 Å². The number of pyridine rings is 2. The zero-order valence-electron chi connectivity index (χ0n) is 21.8. The number of hydrogen-bond acceptors (Lipinski definition) is 7. The predicted molar refractivity (Wildman–Crippen MR) is 153 cm³/mol. The molecule has 1 N–H and O–H groups in total. The zero-order chi connectivity index (χ0) is 28.4. The third-order valence-electron chi connectivity index (χ3n) is 6.56. The van der Waals surface area contributed by atoms with Crippen LogP contribution in [0.25, 0.3) is 33.2 Å². The van der Waals surface area contributed by atoms with Crippen LogP contribution in [0.2, 0.25) is 0 Å². The zero-order valence-corrected chi connectivity index (χ0v) is 22.6. The molecule has 0 aliphatic heterocycles. The van der Waals surface area contributed by atoms with Crippen LogP contribution in [0.5, 0.6) is 5.88 Å². The molecule has 0 amide bonds. The fourth-order valence-electron chi connectivity index (χ4n) is 4.53. The van der Waals surface area contributed by atoms with E-state index in [4.69, 9.17) is 4.74 Å². The van der Waals surface area contributed by atoms with Gasteiger partial charge in [0.05, 0.1) is 24.1 Å². The SMILES string of the molecule is COc1ncc(-c2ccc3nccc(-c4ccc(Cn5cncn5)cc4)c3c2)cc1NS(=O)(=O)c1ccc(F)cc1. The summed E-state index contributed by atoms with van der Waals surface area (Å²) in [7, 11) is -2.61. The van der Waals surface area contributed by atoms with Gasteiger partial charge in [-0.25, -0.2) is 27.5 Å².